The molecule has 0 aliphatic carbocycles. The van der Waals surface area contributed by atoms with Crippen molar-refractivity contribution in [3.63, 3.8) is 0 Å². The molecule has 0 bridgehead atoms. The van der Waals surface area contributed by atoms with Crippen molar-refractivity contribution in [1.82, 2.24) is 25.4 Å². The van der Waals surface area contributed by atoms with Gasteiger partial charge in [-0.2, -0.15) is 4.98 Å². The van der Waals surface area contributed by atoms with Gasteiger partial charge in [0.15, 0.2) is 0 Å². The lowest BCUT2D eigenvalue weighted by Gasteiger charge is -2.29. The molecule has 0 radical (unpaired) electrons. The normalized spacial score (nSPS) is 18.6. The summed E-state index contributed by atoms with van der Waals surface area (Å²) < 4.78 is 0. The number of piperidine rings is 1. The summed E-state index contributed by atoms with van der Waals surface area (Å²) in [6.45, 7) is 2.01. The van der Waals surface area contributed by atoms with Gasteiger partial charge in [0, 0.05) is 6.04 Å². The van der Waals surface area contributed by atoms with Crippen molar-refractivity contribution < 1.29 is 4.79 Å². The fourth-order valence-electron chi connectivity index (χ4n) is 1.78. The quantitative estimate of drug-likeness (QED) is 0.611. The van der Waals surface area contributed by atoms with Crippen LogP contribution in [-0.2, 0) is 0 Å². The van der Waals surface area contributed by atoms with Crippen LogP contribution in [0.2, 0.25) is 0 Å². The number of nitrogens with zero attached hydrogens (tertiary/aromatic N) is 3. The van der Waals surface area contributed by atoms with Gasteiger partial charge < -0.3 is 16.0 Å². The summed E-state index contributed by atoms with van der Waals surface area (Å²) in [5.41, 5.74) is 5.33. The molecule has 0 aromatic carbocycles. The highest BCUT2D eigenvalue weighted by Gasteiger charge is 2.20. The number of amides is 1. The molecule has 1 amide bonds. The number of H-pyrrole nitrogens is 1. The van der Waals surface area contributed by atoms with Crippen LogP contribution in [0.15, 0.2) is 0 Å². The van der Waals surface area contributed by atoms with Gasteiger partial charge in [-0.15, -0.1) is 5.10 Å². The lowest BCUT2D eigenvalue weighted by atomic mass is 10.1. The maximum Gasteiger partial charge on any atom is 0.288 e. The average molecular weight is 224 g/mol. The summed E-state index contributed by atoms with van der Waals surface area (Å²) >= 11 is 0. The van der Waals surface area contributed by atoms with Gasteiger partial charge in [0.25, 0.3) is 5.91 Å². The number of aromatic amines is 1. The molecule has 0 saturated carbocycles. The van der Waals surface area contributed by atoms with E-state index in [1.165, 1.54) is 0 Å². The summed E-state index contributed by atoms with van der Waals surface area (Å²) in [7, 11) is 2.08. The van der Waals surface area contributed by atoms with E-state index >= 15 is 0 Å². The third-order valence-corrected chi connectivity index (χ3v) is 2.77. The molecule has 2 rings (SSSR count). The first-order valence-electron chi connectivity index (χ1n) is 5.32. The average Bonchev–Trinajstić information content (AvgIpc) is 2.68. The molecule has 7 heteroatoms. The molecule has 16 heavy (non-hydrogen) atoms. The highest BCUT2D eigenvalue weighted by molar-refractivity contribution is 5.90. The molecule has 4 N–H and O–H groups in total. The van der Waals surface area contributed by atoms with Gasteiger partial charge in [-0.05, 0) is 33.0 Å². The SMILES string of the molecule is CN1CCC(NC(=O)c2nc(N)n[nH]2)CC1. The van der Waals surface area contributed by atoms with Crippen LogP contribution in [0.1, 0.15) is 23.5 Å². The number of nitrogens with one attached hydrogen (secondary N) is 2. The number of nitrogen functional groups attached to an aromatic ring is 1. The fraction of sp³-hybridized carbons (Fsp3) is 0.667. The monoisotopic (exact) mass is 224 g/mol. The second kappa shape index (κ2) is 4.48. The Hall–Kier alpha value is -1.63. The van der Waals surface area contributed by atoms with Crippen molar-refractivity contribution in [2.45, 2.75) is 18.9 Å². The first-order valence-corrected chi connectivity index (χ1v) is 5.32. The van der Waals surface area contributed by atoms with Gasteiger partial charge in [-0.25, -0.2) is 0 Å². The molecule has 1 aromatic heterocycles. The summed E-state index contributed by atoms with van der Waals surface area (Å²) in [5.74, 6) is 0.0312. The van der Waals surface area contributed by atoms with E-state index in [4.69, 9.17) is 5.73 Å². The lowest BCUT2D eigenvalue weighted by Crippen LogP contribution is -2.43. The molecular weight excluding hydrogens is 208 g/mol. The van der Waals surface area contributed by atoms with Crippen LogP contribution in [0, 0.1) is 0 Å². The second-order valence-corrected chi connectivity index (χ2v) is 4.09. The Balaban J connectivity index is 1.88. The zero-order valence-corrected chi connectivity index (χ0v) is 9.23. The minimum absolute atomic E-state index is 0.0912. The molecule has 0 atom stereocenters. The molecule has 1 aliphatic heterocycles. The van der Waals surface area contributed by atoms with E-state index in [1.54, 1.807) is 0 Å². The summed E-state index contributed by atoms with van der Waals surface area (Å²) in [6.07, 6.45) is 1.93. The Labute approximate surface area is 93.4 Å². The molecule has 1 aromatic rings. The largest absolute Gasteiger partial charge is 0.366 e. The van der Waals surface area contributed by atoms with E-state index < -0.39 is 0 Å². The Bertz CT molecular complexity index is 368. The maximum atomic E-state index is 11.7. The number of aromatic nitrogens is 3. The summed E-state index contributed by atoms with van der Waals surface area (Å²) in [6, 6.07) is 0.218. The van der Waals surface area contributed by atoms with Crippen LogP contribution in [0.4, 0.5) is 5.95 Å². The molecule has 0 unspecified atom stereocenters. The van der Waals surface area contributed by atoms with Crippen LogP contribution in [0.25, 0.3) is 0 Å². The number of hydrogen-bond acceptors (Lipinski definition) is 5. The first-order chi connectivity index (χ1) is 7.65. The highest BCUT2D eigenvalue weighted by atomic mass is 16.2. The standard InChI is InChI=1S/C9H16N6O/c1-15-4-2-6(3-5-15)11-8(16)7-12-9(10)14-13-7/h6H,2-5H2,1H3,(H,11,16)(H3,10,12,13,14). The van der Waals surface area contributed by atoms with E-state index in [-0.39, 0.29) is 23.7 Å². The van der Waals surface area contributed by atoms with Crippen molar-refractivity contribution in [1.29, 1.82) is 0 Å². The molecule has 88 valence electrons. The molecule has 7 nitrogen and oxygen atoms in total. The third-order valence-electron chi connectivity index (χ3n) is 2.77. The topological polar surface area (TPSA) is 99.9 Å². The number of hydrogen-bond donors (Lipinski definition) is 3. The predicted molar refractivity (Wildman–Crippen MR) is 58.8 cm³/mol. The minimum Gasteiger partial charge on any atom is -0.366 e. The Morgan fingerprint density at radius 1 is 1.56 bits per heavy atom. The molecule has 1 aliphatic rings. The molecule has 1 fully saturated rings. The van der Waals surface area contributed by atoms with Crippen molar-refractivity contribution in [2.75, 3.05) is 25.9 Å². The lowest BCUT2D eigenvalue weighted by molar-refractivity contribution is 0.0907. The number of carbonyl (C=O) groups is 1. The Kier molecular flexibility index (Phi) is 3.04. The van der Waals surface area contributed by atoms with Crippen LogP contribution in [0.5, 0.6) is 0 Å². The van der Waals surface area contributed by atoms with Gasteiger partial charge in [-0.3, -0.25) is 9.89 Å². The molecule has 0 spiro atoms. The van der Waals surface area contributed by atoms with Crippen LogP contribution in [0.3, 0.4) is 0 Å². The Morgan fingerprint density at radius 2 is 2.25 bits per heavy atom. The smallest absolute Gasteiger partial charge is 0.288 e. The van der Waals surface area contributed by atoms with E-state index in [0.29, 0.717) is 0 Å². The molecule has 1 saturated heterocycles. The predicted octanol–water partition coefficient (Wildman–Crippen LogP) is -0.789. The van der Waals surface area contributed by atoms with Gasteiger partial charge in [0.1, 0.15) is 0 Å². The van der Waals surface area contributed by atoms with Gasteiger partial charge in [-0.1, -0.05) is 0 Å². The number of likely N-dealkylation sites (tertiary alicyclic amines) is 1. The van der Waals surface area contributed by atoms with E-state index in [1.807, 2.05) is 0 Å². The highest BCUT2D eigenvalue weighted by Crippen LogP contribution is 2.08. The van der Waals surface area contributed by atoms with E-state index in [2.05, 4.69) is 32.4 Å². The van der Waals surface area contributed by atoms with Gasteiger partial charge in [0.2, 0.25) is 11.8 Å². The summed E-state index contributed by atoms with van der Waals surface area (Å²) in [4.78, 5) is 17.7. The van der Waals surface area contributed by atoms with E-state index in [9.17, 15) is 4.79 Å². The van der Waals surface area contributed by atoms with Gasteiger partial charge >= 0.3 is 0 Å². The van der Waals surface area contributed by atoms with E-state index in [0.717, 1.165) is 25.9 Å². The number of carbonyl (C=O) groups excluding carboxylic acids is 1. The van der Waals surface area contributed by atoms with Crippen molar-refractivity contribution in [3.8, 4) is 0 Å². The van der Waals surface area contributed by atoms with Crippen molar-refractivity contribution in [2.24, 2.45) is 0 Å². The molecular formula is C9H16N6O. The number of nitrogens with two attached hydrogens (primary N) is 1. The third kappa shape index (κ3) is 2.48. The zero-order valence-electron chi connectivity index (χ0n) is 9.23. The van der Waals surface area contributed by atoms with Crippen LogP contribution in [-0.4, -0.2) is 52.2 Å². The van der Waals surface area contributed by atoms with Crippen molar-refractivity contribution in [3.05, 3.63) is 5.82 Å². The van der Waals surface area contributed by atoms with Gasteiger partial charge in [0.05, 0.1) is 0 Å². The number of rotatable bonds is 2. The maximum absolute atomic E-state index is 11.7. The van der Waals surface area contributed by atoms with Crippen molar-refractivity contribution >= 4 is 11.9 Å². The van der Waals surface area contributed by atoms with Crippen LogP contribution >= 0.6 is 0 Å². The number of anilines is 1. The fourth-order valence-corrected chi connectivity index (χ4v) is 1.78. The second-order valence-electron chi connectivity index (χ2n) is 4.09. The Morgan fingerprint density at radius 3 is 2.81 bits per heavy atom. The first kappa shape index (κ1) is 10.9. The molecule has 2 heterocycles. The minimum atomic E-state index is -0.237. The van der Waals surface area contributed by atoms with Crippen LogP contribution < -0.4 is 11.1 Å². The zero-order chi connectivity index (χ0) is 11.5. The summed E-state index contributed by atoms with van der Waals surface area (Å²) in [5, 5.41) is 9.02.